The van der Waals surface area contributed by atoms with Gasteiger partial charge in [-0.05, 0) is 55.3 Å². The van der Waals surface area contributed by atoms with Crippen molar-refractivity contribution in [3.63, 3.8) is 0 Å². The third-order valence-electron chi connectivity index (χ3n) is 6.81. The number of hydroxylamine groups is 1. The molecule has 2 fully saturated rings. The van der Waals surface area contributed by atoms with Gasteiger partial charge in [0, 0.05) is 12.1 Å². The predicted molar refractivity (Wildman–Crippen MR) is 144 cm³/mol. The van der Waals surface area contributed by atoms with Crippen molar-refractivity contribution in [1.29, 1.82) is 0 Å². The summed E-state index contributed by atoms with van der Waals surface area (Å²) >= 11 is 0. The number of hydrogen-bond donors (Lipinski definition) is 0. The fraction of sp³-hybridized carbons (Fsp3) is 0.310. The Balaban J connectivity index is 1.53. The number of hydrogen-bond acceptors (Lipinski definition) is 8. The zero-order valence-corrected chi connectivity index (χ0v) is 21.7. The van der Waals surface area contributed by atoms with Gasteiger partial charge in [-0.15, -0.1) is 0 Å². The summed E-state index contributed by atoms with van der Waals surface area (Å²) in [6.45, 7) is 4.95. The first-order chi connectivity index (χ1) is 18.9. The summed E-state index contributed by atoms with van der Waals surface area (Å²) in [5.41, 5.74) is 1.55. The Morgan fingerprint density at radius 3 is 2.31 bits per heavy atom. The Bertz CT molecular complexity index is 1360. The highest BCUT2D eigenvalue weighted by atomic mass is 16.7. The number of benzene rings is 3. The van der Waals surface area contributed by atoms with Crippen LogP contribution in [0.25, 0.3) is 0 Å². The van der Waals surface area contributed by atoms with Gasteiger partial charge in [0.05, 0.1) is 35.6 Å². The van der Waals surface area contributed by atoms with Gasteiger partial charge in [0.15, 0.2) is 17.6 Å². The maximum Gasteiger partial charge on any atom is 0.269 e. The average molecular weight is 532 g/mol. The summed E-state index contributed by atoms with van der Waals surface area (Å²) in [5, 5.41) is 12.7. The molecule has 2 heterocycles. The molecule has 0 spiro atoms. The van der Waals surface area contributed by atoms with Crippen LogP contribution in [0.5, 0.6) is 11.5 Å². The molecule has 0 aromatic heterocycles. The van der Waals surface area contributed by atoms with E-state index in [1.165, 1.54) is 24.3 Å². The molecular weight excluding hydrogens is 502 g/mol. The highest BCUT2D eigenvalue weighted by Crippen LogP contribution is 2.48. The molecule has 3 aromatic carbocycles. The highest BCUT2D eigenvalue weighted by molar-refractivity contribution is 6.24. The zero-order valence-electron chi connectivity index (χ0n) is 21.7. The standard InChI is InChI=1S/C29H29N3O7/c1-3-5-17-38-23-16-11-19(18-24(23)37-4-2)26-25-27(39-31(26)21-9-7-6-8-10-21)29(34)30(28(25)33)20-12-14-22(15-13-20)32(35)36/h6-16,18,25-27H,3-5,17H2,1-2H3/t25-,26-,27+/m1/s1. The van der Waals surface area contributed by atoms with Gasteiger partial charge >= 0.3 is 0 Å². The molecule has 202 valence electrons. The molecule has 10 nitrogen and oxygen atoms in total. The molecule has 0 unspecified atom stereocenters. The highest BCUT2D eigenvalue weighted by Gasteiger charge is 2.60. The van der Waals surface area contributed by atoms with Crippen LogP contribution in [0.15, 0.2) is 72.8 Å². The topological polar surface area (TPSA) is 111 Å². The number of amides is 2. The minimum absolute atomic E-state index is 0.132. The van der Waals surface area contributed by atoms with Gasteiger partial charge in [-0.1, -0.05) is 37.6 Å². The second kappa shape index (κ2) is 11.1. The molecule has 0 bridgehead atoms. The number of nitro groups is 1. The van der Waals surface area contributed by atoms with E-state index in [1.54, 1.807) is 5.06 Å². The number of nitro benzene ring substituents is 1. The number of anilines is 2. The minimum Gasteiger partial charge on any atom is -0.490 e. The number of rotatable bonds is 10. The summed E-state index contributed by atoms with van der Waals surface area (Å²) in [7, 11) is 0. The molecule has 0 N–H and O–H groups in total. The van der Waals surface area contributed by atoms with Gasteiger partial charge in [-0.25, -0.2) is 9.96 Å². The Kier molecular flexibility index (Phi) is 7.47. The number of nitrogens with zero attached hydrogens (tertiary/aromatic N) is 3. The molecule has 0 radical (unpaired) electrons. The number of non-ortho nitro benzene ring substituents is 1. The molecule has 2 amide bonds. The average Bonchev–Trinajstić information content (AvgIpc) is 3.46. The third kappa shape index (κ3) is 4.90. The van der Waals surface area contributed by atoms with Crippen LogP contribution in [-0.4, -0.2) is 36.1 Å². The van der Waals surface area contributed by atoms with E-state index < -0.39 is 34.8 Å². The van der Waals surface area contributed by atoms with E-state index in [2.05, 4.69) is 6.92 Å². The van der Waals surface area contributed by atoms with E-state index in [9.17, 15) is 19.7 Å². The molecule has 2 aliphatic heterocycles. The van der Waals surface area contributed by atoms with Crippen molar-refractivity contribution in [3.05, 3.63) is 88.5 Å². The first kappa shape index (κ1) is 26.2. The predicted octanol–water partition coefficient (Wildman–Crippen LogP) is 5.22. The van der Waals surface area contributed by atoms with Crippen LogP contribution in [0.1, 0.15) is 38.3 Å². The Labute approximate surface area is 225 Å². The van der Waals surface area contributed by atoms with Crippen LogP contribution in [0.3, 0.4) is 0 Å². The SMILES string of the molecule is CCCCOc1ccc([C@@H]2[C@H]3C(=O)N(c4ccc([N+](=O)[O-])cc4)C(=O)[C@H]3ON2c2ccccc2)cc1OCC. The normalized spacial score (nSPS) is 20.3. The number of para-hydroxylation sites is 1. The van der Waals surface area contributed by atoms with Crippen LogP contribution < -0.4 is 19.4 Å². The molecule has 3 atom stereocenters. The van der Waals surface area contributed by atoms with Crippen molar-refractivity contribution in [1.82, 2.24) is 0 Å². The maximum atomic E-state index is 13.8. The molecular formula is C29H29N3O7. The summed E-state index contributed by atoms with van der Waals surface area (Å²) < 4.78 is 11.8. The maximum absolute atomic E-state index is 13.8. The molecule has 2 saturated heterocycles. The largest absolute Gasteiger partial charge is 0.490 e. The second-order valence-electron chi connectivity index (χ2n) is 9.28. The smallest absolute Gasteiger partial charge is 0.269 e. The van der Waals surface area contributed by atoms with Crippen molar-refractivity contribution < 1.29 is 28.8 Å². The number of imide groups is 1. The van der Waals surface area contributed by atoms with E-state index >= 15 is 0 Å². The van der Waals surface area contributed by atoms with Crippen LogP contribution in [0, 0.1) is 16.0 Å². The van der Waals surface area contributed by atoms with Gasteiger partial charge in [0.25, 0.3) is 11.6 Å². The lowest BCUT2D eigenvalue weighted by Gasteiger charge is -2.29. The van der Waals surface area contributed by atoms with Crippen molar-refractivity contribution in [2.75, 3.05) is 23.2 Å². The van der Waals surface area contributed by atoms with Gasteiger partial charge in [-0.2, -0.15) is 0 Å². The van der Waals surface area contributed by atoms with E-state index in [4.69, 9.17) is 14.3 Å². The van der Waals surface area contributed by atoms with Crippen LogP contribution in [0.2, 0.25) is 0 Å². The quantitative estimate of drug-likeness (QED) is 0.151. The van der Waals surface area contributed by atoms with Crippen LogP contribution in [-0.2, 0) is 14.4 Å². The lowest BCUT2D eigenvalue weighted by Crippen LogP contribution is -2.37. The summed E-state index contributed by atoms with van der Waals surface area (Å²) in [4.78, 5) is 45.1. The first-order valence-electron chi connectivity index (χ1n) is 13.0. The fourth-order valence-corrected chi connectivity index (χ4v) is 4.95. The van der Waals surface area contributed by atoms with Gasteiger partial charge in [-0.3, -0.25) is 24.5 Å². The van der Waals surface area contributed by atoms with Gasteiger partial charge < -0.3 is 9.47 Å². The summed E-state index contributed by atoms with van der Waals surface area (Å²) in [5.74, 6) is -0.659. The Morgan fingerprint density at radius 1 is 0.897 bits per heavy atom. The van der Waals surface area contributed by atoms with E-state index in [0.717, 1.165) is 23.3 Å². The lowest BCUT2D eigenvalue weighted by molar-refractivity contribution is -0.384. The Morgan fingerprint density at radius 2 is 1.64 bits per heavy atom. The minimum atomic E-state index is -1.06. The fourth-order valence-electron chi connectivity index (χ4n) is 4.95. The van der Waals surface area contributed by atoms with Crippen molar-refractivity contribution in [3.8, 4) is 11.5 Å². The van der Waals surface area contributed by atoms with Crippen molar-refractivity contribution in [2.45, 2.75) is 38.8 Å². The summed E-state index contributed by atoms with van der Waals surface area (Å²) in [6.07, 6.45) is 0.844. The molecule has 39 heavy (non-hydrogen) atoms. The summed E-state index contributed by atoms with van der Waals surface area (Å²) in [6, 6.07) is 19.5. The van der Waals surface area contributed by atoms with E-state index in [-0.39, 0.29) is 11.4 Å². The van der Waals surface area contributed by atoms with Crippen molar-refractivity contribution >= 4 is 28.9 Å². The van der Waals surface area contributed by atoms with Crippen molar-refractivity contribution in [2.24, 2.45) is 5.92 Å². The van der Waals surface area contributed by atoms with E-state index in [0.29, 0.717) is 30.4 Å². The molecule has 3 aromatic rings. The first-order valence-corrected chi connectivity index (χ1v) is 13.0. The van der Waals surface area contributed by atoms with Gasteiger partial charge in [0.2, 0.25) is 5.91 Å². The molecule has 0 aliphatic carbocycles. The third-order valence-corrected chi connectivity index (χ3v) is 6.81. The zero-order chi connectivity index (χ0) is 27.5. The number of fused-ring (bicyclic) bond motifs is 1. The lowest BCUT2D eigenvalue weighted by atomic mass is 9.90. The Hall–Kier alpha value is -4.44. The molecule has 2 aliphatic rings. The number of unbranched alkanes of at least 4 members (excludes halogenated alkanes) is 1. The monoisotopic (exact) mass is 531 g/mol. The molecule has 10 heteroatoms. The number of carbonyl (C=O) groups excluding carboxylic acids is 2. The second-order valence-corrected chi connectivity index (χ2v) is 9.28. The number of ether oxygens (including phenoxy) is 2. The van der Waals surface area contributed by atoms with Crippen LogP contribution in [0.4, 0.5) is 17.1 Å². The van der Waals surface area contributed by atoms with Gasteiger partial charge in [0.1, 0.15) is 5.92 Å². The van der Waals surface area contributed by atoms with E-state index in [1.807, 2.05) is 55.5 Å². The number of carbonyl (C=O) groups is 2. The van der Waals surface area contributed by atoms with Crippen LogP contribution >= 0.6 is 0 Å². The molecule has 0 saturated carbocycles. The molecule has 5 rings (SSSR count).